The van der Waals surface area contributed by atoms with E-state index in [2.05, 4.69) is 48.5 Å². The second-order valence-electron chi connectivity index (χ2n) is 6.11. The highest BCUT2D eigenvalue weighted by Crippen LogP contribution is 2.11. The minimum absolute atomic E-state index is 0. The predicted octanol–water partition coefficient (Wildman–Crippen LogP) is 3.47. The second-order valence-corrected chi connectivity index (χ2v) is 6.11. The largest absolute Gasteiger partial charge is 0.497 e. The van der Waals surface area contributed by atoms with Crippen LogP contribution in [0.15, 0.2) is 29.3 Å². The molecular weight excluding hydrogens is 429 g/mol. The van der Waals surface area contributed by atoms with Crippen molar-refractivity contribution in [3.8, 4) is 5.75 Å². The van der Waals surface area contributed by atoms with Crippen molar-refractivity contribution < 1.29 is 9.47 Å². The summed E-state index contributed by atoms with van der Waals surface area (Å²) in [6.07, 6.45) is 1.90. The fourth-order valence-corrected chi connectivity index (χ4v) is 2.14. The number of benzene rings is 1. The highest BCUT2D eigenvalue weighted by Gasteiger charge is 1.99. The molecule has 6 heteroatoms. The first kappa shape index (κ1) is 24.0. The van der Waals surface area contributed by atoms with Crippen LogP contribution in [0.1, 0.15) is 32.8 Å². The molecule has 25 heavy (non-hydrogen) atoms. The maximum Gasteiger partial charge on any atom is 0.191 e. The maximum absolute atomic E-state index is 5.57. The molecule has 0 bridgehead atoms. The Morgan fingerprint density at radius 3 is 2.48 bits per heavy atom. The number of guanidine groups is 1. The first-order valence-electron chi connectivity index (χ1n) is 8.88. The van der Waals surface area contributed by atoms with Crippen LogP contribution in [-0.2, 0) is 11.2 Å². The van der Waals surface area contributed by atoms with Gasteiger partial charge in [0.1, 0.15) is 5.75 Å². The number of nitrogens with zero attached hydrogens (tertiary/aromatic N) is 1. The van der Waals surface area contributed by atoms with Crippen molar-refractivity contribution in [1.82, 2.24) is 10.6 Å². The third-order valence-corrected chi connectivity index (χ3v) is 3.38. The minimum Gasteiger partial charge on any atom is -0.497 e. The molecule has 0 aromatic heterocycles. The molecule has 0 heterocycles. The molecule has 1 aromatic carbocycles. The monoisotopic (exact) mass is 463 g/mol. The van der Waals surface area contributed by atoms with Crippen LogP contribution in [0.5, 0.6) is 5.75 Å². The van der Waals surface area contributed by atoms with Gasteiger partial charge in [0.15, 0.2) is 5.96 Å². The van der Waals surface area contributed by atoms with Crippen molar-refractivity contribution in [3.63, 3.8) is 0 Å². The van der Waals surface area contributed by atoms with E-state index in [9.17, 15) is 0 Å². The smallest absolute Gasteiger partial charge is 0.191 e. The third kappa shape index (κ3) is 12.0. The minimum atomic E-state index is 0. The summed E-state index contributed by atoms with van der Waals surface area (Å²) in [4.78, 5) is 4.58. The highest BCUT2D eigenvalue weighted by molar-refractivity contribution is 14.0. The number of halogens is 1. The standard InChI is InChI=1S/C19H33N3O2.HI/c1-5-20-19(21-12-6-14-24-15-16(2)3)22-13-11-17-7-9-18(23-4)10-8-17;/h7-10,16H,5-6,11-15H2,1-4H3,(H2,20,21,22);1H. The molecular formula is C19H34IN3O2. The number of nitrogens with one attached hydrogen (secondary N) is 2. The topological polar surface area (TPSA) is 54.9 Å². The van der Waals surface area contributed by atoms with Gasteiger partial charge >= 0.3 is 0 Å². The van der Waals surface area contributed by atoms with Gasteiger partial charge in [-0.25, -0.2) is 0 Å². The van der Waals surface area contributed by atoms with Crippen molar-refractivity contribution in [2.45, 2.75) is 33.6 Å². The number of methoxy groups -OCH3 is 1. The molecule has 0 saturated heterocycles. The predicted molar refractivity (Wildman–Crippen MR) is 116 cm³/mol. The Bertz CT molecular complexity index is 464. The molecule has 5 nitrogen and oxygen atoms in total. The van der Waals surface area contributed by atoms with Gasteiger partial charge in [-0.2, -0.15) is 0 Å². The van der Waals surface area contributed by atoms with E-state index < -0.39 is 0 Å². The lowest BCUT2D eigenvalue weighted by Gasteiger charge is -2.11. The Morgan fingerprint density at radius 2 is 1.88 bits per heavy atom. The van der Waals surface area contributed by atoms with Crippen LogP contribution in [0.2, 0.25) is 0 Å². The molecule has 0 saturated carbocycles. The summed E-state index contributed by atoms with van der Waals surface area (Å²) >= 11 is 0. The molecule has 1 rings (SSSR count). The number of aliphatic imine (C=N–C) groups is 1. The zero-order chi connectivity index (χ0) is 17.6. The Hall–Kier alpha value is -1.02. The first-order chi connectivity index (χ1) is 11.7. The number of rotatable bonds is 11. The first-order valence-corrected chi connectivity index (χ1v) is 8.88. The molecule has 0 radical (unpaired) electrons. The molecule has 2 N–H and O–H groups in total. The van der Waals surface area contributed by atoms with E-state index in [1.54, 1.807) is 7.11 Å². The van der Waals surface area contributed by atoms with Gasteiger partial charge in [0.05, 0.1) is 7.11 Å². The van der Waals surface area contributed by atoms with E-state index in [1.807, 2.05) is 12.1 Å². The summed E-state index contributed by atoms with van der Waals surface area (Å²) in [5, 5.41) is 6.65. The van der Waals surface area contributed by atoms with Crippen LogP contribution >= 0.6 is 24.0 Å². The van der Waals surface area contributed by atoms with Crippen LogP contribution < -0.4 is 15.4 Å². The second kappa shape index (κ2) is 15.3. The van der Waals surface area contributed by atoms with Crippen molar-refractivity contribution in [1.29, 1.82) is 0 Å². The Labute approximate surface area is 170 Å². The quantitative estimate of drug-likeness (QED) is 0.229. The van der Waals surface area contributed by atoms with Gasteiger partial charge < -0.3 is 20.1 Å². The van der Waals surface area contributed by atoms with E-state index in [-0.39, 0.29) is 24.0 Å². The van der Waals surface area contributed by atoms with Gasteiger partial charge in [0, 0.05) is 32.8 Å². The van der Waals surface area contributed by atoms with Gasteiger partial charge in [-0.05, 0) is 43.4 Å². The summed E-state index contributed by atoms with van der Waals surface area (Å²) in [7, 11) is 1.68. The van der Waals surface area contributed by atoms with E-state index in [0.29, 0.717) is 5.92 Å². The van der Waals surface area contributed by atoms with Gasteiger partial charge in [0.25, 0.3) is 0 Å². The lowest BCUT2D eigenvalue weighted by Crippen LogP contribution is -2.38. The molecule has 0 aliphatic heterocycles. The van der Waals surface area contributed by atoms with Crippen molar-refractivity contribution in [2.24, 2.45) is 10.9 Å². The summed E-state index contributed by atoms with van der Waals surface area (Å²) in [6, 6.07) is 8.17. The number of hydrogen-bond donors (Lipinski definition) is 2. The molecule has 0 amide bonds. The van der Waals surface area contributed by atoms with Crippen LogP contribution in [0.4, 0.5) is 0 Å². The lowest BCUT2D eigenvalue weighted by molar-refractivity contribution is 0.109. The molecule has 0 spiro atoms. The van der Waals surface area contributed by atoms with Crippen molar-refractivity contribution >= 4 is 29.9 Å². The van der Waals surface area contributed by atoms with Crippen molar-refractivity contribution in [3.05, 3.63) is 29.8 Å². The van der Waals surface area contributed by atoms with Gasteiger partial charge in [-0.15, -0.1) is 24.0 Å². The summed E-state index contributed by atoms with van der Waals surface area (Å²) in [5.41, 5.74) is 1.28. The van der Waals surface area contributed by atoms with Crippen LogP contribution in [0.3, 0.4) is 0 Å². The Morgan fingerprint density at radius 1 is 1.16 bits per heavy atom. The van der Waals surface area contributed by atoms with Crippen LogP contribution in [0, 0.1) is 5.92 Å². The fourth-order valence-electron chi connectivity index (χ4n) is 2.14. The summed E-state index contributed by atoms with van der Waals surface area (Å²) in [6.45, 7) is 10.5. The van der Waals surface area contributed by atoms with E-state index in [1.165, 1.54) is 5.56 Å². The van der Waals surface area contributed by atoms with Gasteiger partial charge in [-0.1, -0.05) is 26.0 Å². The van der Waals surface area contributed by atoms with E-state index in [4.69, 9.17) is 9.47 Å². The third-order valence-electron chi connectivity index (χ3n) is 3.38. The van der Waals surface area contributed by atoms with E-state index in [0.717, 1.165) is 57.4 Å². The van der Waals surface area contributed by atoms with Crippen molar-refractivity contribution in [2.75, 3.05) is 40.0 Å². The lowest BCUT2D eigenvalue weighted by atomic mass is 10.1. The zero-order valence-electron chi connectivity index (χ0n) is 16.0. The number of ether oxygens (including phenoxy) is 2. The molecule has 0 fully saturated rings. The molecule has 0 atom stereocenters. The SMILES string of the molecule is CCNC(=NCCCOCC(C)C)NCCc1ccc(OC)cc1.I. The van der Waals surface area contributed by atoms with Gasteiger partial charge in [-0.3, -0.25) is 4.99 Å². The molecule has 0 aliphatic carbocycles. The molecule has 0 unspecified atom stereocenters. The average molecular weight is 463 g/mol. The fraction of sp³-hybridized carbons (Fsp3) is 0.632. The summed E-state index contributed by atoms with van der Waals surface area (Å²) in [5.74, 6) is 2.35. The normalized spacial score (nSPS) is 11.2. The average Bonchev–Trinajstić information content (AvgIpc) is 2.58. The molecule has 1 aromatic rings. The molecule has 144 valence electrons. The Balaban J connectivity index is 0.00000576. The van der Waals surface area contributed by atoms with Gasteiger partial charge in [0.2, 0.25) is 0 Å². The molecule has 0 aliphatic rings. The summed E-state index contributed by atoms with van der Waals surface area (Å²) < 4.78 is 10.7. The van der Waals surface area contributed by atoms with Crippen LogP contribution in [0.25, 0.3) is 0 Å². The maximum atomic E-state index is 5.57. The van der Waals surface area contributed by atoms with Crippen LogP contribution in [-0.4, -0.2) is 45.9 Å². The Kier molecular flexibility index (Phi) is 14.6. The number of hydrogen-bond acceptors (Lipinski definition) is 3. The highest BCUT2D eigenvalue weighted by atomic mass is 127. The van der Waals surface area contributed by atoms with E-state index >= 15 is 0 Å². The zero-order valence-corrected chi connectivity index (χ0v) is 18.3.